The van der Waals surface area contributed by atoms with Crippen LogP contribution in [0.2, 0.25) is 0 Å². The van der Waals surface area contributed by atoms with E-state index in [-0.39, 0.29) is 11.4 Å². The van der Waals surface area contributed by atoms with Crippen molar-refractivity contribution in [1.29, 1.82) is 0 Å². The molecule has 23 heavy (non-hydrogen) atoms. The Morgan fingerprint density at radius 1 is 1.13 bits per heavy atom. The predicted octanol–water partition coefficient (Wildman–Crippen LogP) is 3.27. The van der Waals surface area contributed by atoms with E-state index in [1.807, 2.05) is 0 Å². The van der Waals surface area contributed by atoms with Crippen molar-refractivity contribution >= 4 is 27.2 Å². The van der Waals surface area contributed by atoms with Crippen LogP contribution in [-0.2, 0) is 10.1 Å². The topological polar surface area (TPSA) is 142 Å². The van der Waals surface area contributed by atoms with Crippen molar-refractivity contribution in [1.82, 2.24) is 0 Å². The van der Waals surface area contributed by atoms with Gasteiger partial charge < -0.3 is 5.11 Å². The summed E-state index contributed by atoms with van der Waals surface area (Å²) in [7, 11) is -4.78. The van der Waals surface area contributed by atoms with Gasteiger partial charge in [0.05, 0.1) is 16.3 Å². The van der Waals surface area contributed by atoms with E-state index in [9.17, 15) is 18.5 Å². The molecule has 0 aromatic heterocycles. The number of rotatable bonds is 4. The van der Waals surface area contributed by atoms with Crippen LogP contribution >= 0.6 is 0 Å². The maximum atomic E-state index is 11.3. The first kappa shape index (κ1) is 16.5. The van der Waals surface area contributed by atoms with Crippen molar-refractivity contribution in [3.8, 4) is 5.75 Å². The zero-order valence-electron chi connectivity index (χ0n) is 11.7. The van der Waals surface area contributed by atoms with Gasteiger partial charge in [-0.25, -0.2) is 0 Å². The number of nitrogens with zero attached hydrogens (tertiary/aromatic N) is 3. The third kappa shape index (κ3) is 3.87. The summed E-state index contributed by atoms with van der Waals surface area (Å²) in [6.45, 7) is 1.49. The maximum Gasteiger partial charge on any atom is 0.301 e. The first-order valence-corrected chi connectivity index (χ1v) is 7.60. The van der Waals surface area contributed by atoms with Gasteiger partial charge in [0.1, 0.15) is 5.75 Å². The van der Waals surface area contributed by atoms with Crippen molar-refractivity contribution in [2.75, 3.05) is 0 Å². The molecule has 10 heteroatoms. The second-order valence-electron chi connectivity index (χ2n) is 4.55. The van der Waals surface area contributed by atoms with Crippen molar-refractivity contribution in [3.05, 3.63) is 52.1 Å². The molecule has 0 saturated heterocycles. The van der Waals surface area contributed by atoms with E-state index in [1.54, 1.807) is 0 Å². The highest BCUT2D eigenvalue weighted by atomic mass is 32.2. The molecule has 0 atom stereocenters. The van der Waals surface area contributed by atoms with Gasteiger partial charge in [0.2, 0.25) is 0 Å². The van der Waals surface area contributed by atoms with Crippen LogP contribution in [0.3, 0.4) is 0 Å². The SMILES string of the molecule is Cc1cc([N+](=O)[O-])c(S(=O)(=O)O)cc1N=Nc1ccc(O)cc1. The second-order valence-corrected chi connectivity index (χ2v) is 5.94. The van der Waals surface area contributed by atoms with Crippen molar-refractivity contribution in [3.63, 3.8) is 0 Å². The van der Waals surface area contributed by atoms with Gasteiger partial charge in [0, 0.05) is 6.07 Å². The molecule has 0 amide bonds. The molecule has 0 unspecified atom stereocenters. The average molecular weight is 337 g/mol. The Balaban J connectivity index is 2.51. The molecule has 0 saturated carbocycles. The van der Waals surface area contributed by atoms with Crippen molar-refractivity contribution < 1.29 is 23.0 Å². The van der Waals surface area contributed by atoms with E-state index in [0.29, 0.717) is 11.3 Å². The number of aromatic hydroxyl groups is 1. The zero-order chi connectivity index (χ0) is 17.2. The minimum Gasteiger partial charge on any atom is -0.508 e. The third-order valence-electron chi connectivity index (χ3n) is 2.88. The van der Waals surface area contributed by atoms with E-state index in [1.165, 1.54) is 31.2 Å². The van der Waals surface area contributed by atoms with Crippen LogP contribution in [0.15, 0.2) is 51.5 Å². The molecule has 0 fully saturated rings. The summed E-state index contributed by atoms with van der Waals surface area (Å²) in [6, 6.07) is 7.61. The van der Waals surface area contributed by atoms with Crippen LogP contribution in [0.25, 0.3) is 0 Å². The minimum absolute atomic E-state index is 0.0455. The number of nitro benzene ring substituents is 1. The highest BCUT2D eigenvalue weighted by molar-refractivity contribution is 7.86. The quantitative estimate of drug-likeness (QED) is 0.379. The fourth-order valence-corrected chi connectivity index (χ4v) is 2.41. The molecule has 0 bridgehead atoms. The van der Waals surface area contributed by atoms with E-state index in [2.05, 4.69) is 10.2 Å². The molecule has 0 radical (unpaired) electrons. The van der Waals surface area contributed by atoms with Crippen LogP contribution in [-0.4, -0.2) is 23.0 Å². The number of aryl methyl sites for hydroxylation is 1. The van der Waals surface area contributed by atoms with E-state index in [4.69, 9.17) is 9.66 Å². The predicted molar refractivity (Wildman–Crippen MR) is 79.9 cm³/mol. The number of hydrogen-bond donors (Lipinski definition) is 2. The summed E-state index contributed by atoms with van der Waals surface area (Å²) in [5.41, 5.74) is 0.00506. The summed E-state index contributed by atoms with van der Waals surface area (Å²) in [5.74, 6) is 0.0455. The second kappa shape index (κ2) is 6.10. The van der Waals surface area contributed by atoms with Gasteiger partial charge in [-0.3, -0.25) is 14.7 Å². The highest BCUT2D eigenvalue weighted by Crippen LogP contribution is 2.32. The molecule has 0 aliphatic heterocycles. The molecule has 2 aromatic rings. The van der Waals surface area contributed by atoms with Crippen molar-refractivity contribution in [2.24, 2.45) is 10.2 Å². The lowest BCUT2D eigenvalue weighted by molar-refractivity contribution is -0.387. The van der Waals surface area contributed by atoms with Gasteiger partial charge in [-0.1, -0.05) is 0 Å². The normalized spacial score (nSPS) is 11.7. The standard InChI is InChI=1S/C13H11N3O6S/c1-8-6-12(16(18)19)13(23(20,21)22)7-11(8)15-14-9-2-4-10(17)5-3-9/h2-7,17H,1H3,(H,20,21,22). The largest absolute Gasteiger partial charge is 0.508 e. The smallest absolute Gasteiger partial charge is 0.301 e. The van der Waals surface area contributed by atoms with E-state index < -0.39 is 25.6 Å². The van der Waals surface area contributed by atoms with Gasteiger partial charge in [0.25, 0.3) is 5.69 Å². The van der Waals surface area contributed by atoms with Gasteiger partial charge in [-0.15, -0.1) is 0 Å². The Labute approximate surface area is 130 Å². The molecule has 120 valence electrons. The lowest BCUT2D eigenvalue weighted by Crippen LogP contribution is -2.03. The molecule has 0 spiro atoms. The van der Waals surface area contributed by atoms with Crippen LogP contribution < -0.4 is 0 Å². The minimum atomic E-state index is -4.78. The van der Waals surface area contributed by atoms with Gasteiger partial charge in [-0.05, 0) is 42.8 Å². The Morgan fingerprint density at radius 2 is 1.74 bits per heavy atom. The Hall–Kier alpha value is -2.85. The van der Waals surface area contributed by atoms with Gasteiger partial charge >= 0.3 is 10.1 Å². The van der Waals surface area contributed by atoms with Gasteiger partial charge in [0.15, 0.2) is 4.90 Å². The Morgan fingerprint density at radius 3 is 2.26 bits per heavy atom. The maximum absolute atomic E-state index is 11.3. The van der Waals surface area contributed by atoms with Crippen LogP contribution in [0.1, 0.15) is 5.56 Å². The summed E-state index contributed by atoms with van der Waals surface area (Å²) in [4.78, 5) is 9.14. The third-order valence-corrected chi connectivity index (χ3v) is 3.76. The van der Waals surface area contributed by atoms with E-state index in [0.717, 1.165) is 12.1 Å². The van der Waals surface area contributed by atoms with Crippen molar-refractivity contribution in [2.45, 2.75) is 11.8 Å². The molecule has 0 aliphatic rings. The first-order valence-electron chi connectivity index (χ1n) is 6.16. The number of phenolic OH excluding ortho intramolecular Hbond substituents is 1. The van der Waals surface area contributed by atoms with Crippen LogP contribution in [0.4, 0.5) is 17.1 Å². The molecule has 2 aromatic carbocycles. The van der Waals surface area contributed by atoms with Crippen LogP contribution in [0.5, 0.6) is 5.75 Å². The monoisotopic (exact) mass is 337 g/mol. The molecular formula is C13H11N3O6S. The Bertz CT molecular complexity index is 891. The number of azo groups is 1. The number of nitro groups is 1. The molecule has 2 rings (SSSR count). The molecule has 9 nitrogen and oxygen atoms in total. The van der Waals surface area contributed by atoms with Gasteiger partial charge in [-0.2, -0.15) is 18.6 Å². The Kier molecular flexibility index (Phi) is 4.38. The fraction of sp³-hybridized carbons (Fsp3) is 0.0769. The zero-order valence-corrected chi connectivity index (χ0v) is 12.6. The highest BCUT2D eigenvalue weighted by Gasteiger charge is 2.25. The fourth-order valence-electron chi connectivity index (χ4n) is 1.75. The molecule has 2 N–H and O–H groups in total. The summed E-state index contributed by atoms with van der Waals surface area (Å²) < 4.78 is 31.7. The lowest BCUT2D eigenvalue weighted by atomic mass is 10.2. The molecular weight excluding hydrogens is 326 g/mol. The van der Waals surface area contributed by atoms with Crippen LogP contribution in [0, 0.1) is 17.0 Å². The summed E-state index contributed by atoms with van der Waals surface area (Å²) >= 11 is 0. The summed E-state index contributed by atoms with van der Waals surface area (Å²) in [6.07, 6.45) is 0. The average Bonchev–Trinajstić information content (AvgIpc) is 2.46. The summed E-state index contributed by atoms with van der Waals surface area (Å²) in [5, 5.41) is 27.7. The molecule has 0 heterocycles. The molecule has 0 aliphatic carbocycles. The van der Waals surface area contributed by atoms with E-state index >= 15 is 0 Å². The lowest BCUT2D eigenvalue weighted by Gasteiger charge is -2.04. The number of phenols is 1. The number of hydrogen-bond acceptors (Lipinski definition) is 7. The number of benzene rings is 2. The first-order chi connectivity index (χ1) is 10.7.